The summed E-state index contributed by atoms with van der Waals surface area (Å²) in [6, 6.07) is 17.7. The first-order chi connectivity index (χ1) is 19.0. The molecule has 0 radical (unpaired) electrons. The Kier molecular flexibility index (Phi) is 7.24. The highest BCUT2D eigenvalue weighted by molar-refractivity contribution is 7.92. The van der Waals surface area contributed by atoms with Crippen molar-refractivity contribution in [2.24, 2.45) is 5.92 Å². The summed E-state index contributed by atoms with van der Waals surface area (Å²) in [5.41, 5.74) is 4.67. The van der Waals surface area contributed by atoms with E-state index in [1.165, 1.54) is 18.3 Å². The molecule has 3 N–H and O–H groups in total. The molecule has 5 rings (SSSR count). The number of nitrogens with one attached hydrogen (secondary N) is 3. The number of hydrogen-bond donors (Lipinski definition) is 3. The summed E-state index contributed by atoms with van der Waals surface area (Å²) in [4.78, 5) is 39.3. The second kappa shape index (κ2) is 10.6. The SMILES string of the molecule is CC(=O)N1CCC(C(=O)Nc2ccc3c(c2)Nc2cc(-c4ccccc4N(C)S(C)(=O)=O)ccc2C(=O)N3)CC1. The van der Waals surface area contributed by atoms with Gasteiger partial charge in [0.15, 0.2) is 0 Å². The van der Waals surface area contributed by atoms with Crippen molar-refractivity contribution in [2.75, 3.05) is 46.6 Å². The third-order valence-corrected chi connectivity index (χ3v) is 8.62. The number of amides is 3. The van der Waals surface area contributed by atoms with Crippen molar-refractivity contribution in [2.45, 2.75) is 19.8 Å². The average molecular weight is 562 g/mol. The smallest absolute Gasteiger partial charge is 0.257 e. The molecule has 3 aromatic carbocycles. The van der Waals surface area contributed by atoms with E-state index in [-0.39, 0.29) is 23.6 Å². The fraction of sp³-hybridized carbons (Fsp3) is 0.276. The number of rotatable bonds is 5. The van der Waals surface area contributed by atoms with Gasteiger partial charge in [-0.1, -0.05) is 24.3 Å². The van der Waals surface area contributed by atoms with Gasteiger partial charge in [0.2, 0.25) is 21.8 Å². The molecule has 0 saturated carbocycles. The molecule has 0 bridgehead atoms. The molecule has 0 aromatic heterocycles. The van der Waals surface area contributed by atoms with Gasteiger partial charge in [-0.15, -0.1) is 0 Å². The van der Waals surface area contributed by atoms with Crippen LogP contribution in [0.15, 0.2) is 60.7 Å². The molecule has 1 fully saturated rings. The summed E-state index contributed by atoms with van der Waals surface area (Å²) in [7, 11) is -1.98. The fourth-order valence-electron chi connectivity index (χ4n) is 5.05. The van der Waals surface area contributed by atoms with Gasteiger partial charge in [-0.3, -0.25) is 18.7 Å². The van der Waals surface area contributed by atoms with E-state index in [1.54, 1.807) is 47.4 Å². The fourth-order valence-corrected chi connectivity index (χ4v) is 5.57. The van der Waals surface area contributed by atoms with Gasteiger partial charge in [0.05, 0.1) is 34.6 Å². The first kappa shape index (κ1) is 27.2. The van der Waals surface area contributed by atoms with Crippen LogP contribution >= 0.6 is 0 Å². The van der Waals surface area contributed by atoms with Crippen molar-refractivity contribution in [1.29, 1.82) is 0 Å². The number of benzene rings is 3. The van der Waals surface area contributed by atoms with Crippen LogP contribution in [0.1, 0.15) is 30.1 Å². The van der Waals surface area contributed by atoms with Crippen molar-refractivity contribution in [3.05, 3.63) is 66.2 Å². The zero-order valence-electron chi connectivity index (χ0n) is 22.5. The topological polar surface area (TPSA) is 128 Å². The van der Waals surface area contributed by atoms with E-state index >= 15 is 0 Å². The van der Waals surface area contributed by atoms with Crippen LogP contribution in [-0.4, -0.2) is 57.4 Å². The lowest BCUT2D eigenvalue weighted by Gasteiger charge is -2.30. The Bertz CT molecular complexity index is 1610. The monoisotopic (exact) mass is 561 g/mol. The van der Waals surface area contributed by atoms with Gasteiger partial charge < -0.3 is 20.9 Å². The van der Waals surface area contributed by atoms with Gasteiger partial charge in [-0.05, 0) is 54.8 Å². The van der Waals surface area contributed by atoms with Crippen LogP contribution < -0.4 is 20.3 Å². The molecule has 1 saturated heterocycles. The van der Waals surface area contributed by atoms with Gasteiger partial charge in [0.25, 0.3) is 5.91 Å². The summed E-state index contributed by atoms with van der Waals surface area (Å²) in [5.74, 6) is -0.555. The van der Waals surface area contributed by atoms with Crippen LogP contribution in [0.3, 0.4) is 0 Å². The second-order valence-corrected chi connectivity index (χ2v) is 12.1. The van der Waals surface area contributed by atoms with E-state index in [0.717, 1.165) is 11.8 Å². The Balaban J connectivity index is 1.41. The quantitative estimate of drug-likeness (QED) is 0.427. The van der Waals surface area contributed by atoms with Gasteiger partial charge in [-0.2, -0.15) is 0 Å². The molecule has 11 heteroatoms. The maximum absolute atomic E-state index is 13.0. The van der Waals surface area contributed by atoms with Gasteiger partial charge >= 0.3 is 0 Å². The molecule has 0 aliphatic carbocycles. The van der Waals surface area contributed by atoms with Crippen LogP contribution in [0.2, 0.25) is 0 Å². The first-order valence-corrected chi connectivity index (χ1v) is 14.8. The maximum atomic E-state index is 13.0. The highest BCUT2D eigenvalue weighted by atomic mass is 32.2. The number of fused-ring (bicyclic) bond motifs is 2. The molecular weight excluding hydrogens is 530 g/mol. The van der Waals surface area contributed by atoms with E-state index in [2.05, 4.69) is 16.0 Å². The largest absolute Gasteiger partial charge is 0.353 e. The summed E-state index contributed by atoms with van der Waals surface area (Å²) >= 11 is 0. The minimum atomic E-state index is -3.49. The molecule has 0 spiro atoms. The highest BCUT2D eigenvalue weighted by Crippen LogP contribution is 2.38. The normalized spacial score (nSPS) is 15.2. The molecule has 10 nitrogen and oxygen atoms in total. The van der Waals surface area contributed by atoms with Crippen LogP contribution in [0.25, 0.3) is 11.1 Å². The molecule has 0 atom stereocenters. The first-order valence-electron chi connectivity index (χ1n) is 13.0. The number of carbonyl (C=O) groups is 3. The molecule has 2 heterocycles. The number of piperidine rings is 1. The Labute approximate surface area is 233 Å². The Morgan fingerprint density at radius 2 is 1.65 bits per heavy atom. The lowest BCUT2D eigenvalue weighted by molar-refractivity contribution is -0.132. The number of para-hydroxylation sites is 1. The van der Waals surface area contributed by atoms with Gasteiger partial charge in [-0.25, -0.2) is 8.42 Å². The van der Waals surface area contributed by atoms with E-state index in [1.807, 2.05) is 18.2 Å². The number of likely N-dealkylation sites (tertiary alicyclic amines) is 1. The third-order valence-electron chi connectivity index (χ3n) is 7.43. The highest BCUT2D eigenvalue weighted by Gasteiger charge is 2.27. The zero-order chi connectivity index (χ0) is 28.6. The van der Waals surface area contributed by atoms with E-state index in [4.69, 9.17) is 0 Å². The third kappa shape index (κ3) is 5.50. The molecule has 208 valence electrons. The molecule has 40 heavy (non-hydrogen) atoms. The van der Waals surface area contributed by atoms with E-state index in [9.17, 15) is 22.8 Å². The molecule has 2 aliphatic rings. The standard InChI is InChI=1S/C29H31N5O5S/c1-18(35)34-14-12-19(13-15-34)28(36)30-21-9-11-24-26(17-21)31-25-16-20(8-10-23(25)29(37)32-24)22-6-4-5-7-27(22)33(2)40(3,38)39/h4-11,16-17,19,31H,12-15H2,1-3H3,(H,30,36)(H,32,37). The lowest BCUT2D eigenvalue weighted by atomic mass is 9.96. The minimum absolute atomic E-state index is 0.0204. The zero-order valence-corrected chi connectivity index (χ0v) is 23.3. The number of hydrogen-bond acceptors (Lipinski definition) is 6. The lowest BCUT2D eigenvalue weighted by Crippen LogP contribution is -2.40. The van der Waals surface area contributed by atoms with Crippen molar-refractivity contribution >= 4 is 56.2 Å². The number of nitrogens with zero attached hydrogens (tertiary/aromatic N) is 2. The van der Waals surface area contributed by atoms with Crippen LogP contribution in [0, 0.1) is 5.92 Å². The predicted octanol–water partition coefficient (Wildman–Crippen LogP) is 4.26. The molecule has 0 unspecified atom stereocenters. The van der Waals surface area contributed by atoms with E-state index in [0.29, 0.717) is 65.5 Å². The molecule has 3 amide bonds. The van der Waals surface area contributed by atoms with Crippen molar-refractivity contribution in [3.63, 3.8) is 0 Å². The van der Waals surface area contributed by atoms with Gasteiger partial charge in [0.1, 0.15) is 0 Å². The second-order valence-electron chi connectivity index (χ2n) is 10.1. The molecule has 2 aliphatic heterocycles. The van der Waals surface area contributed by atoms with Crippen molar-refractivity contribution < 1.29 is 22.8 Å². The predicted molar refractivity (Wildman–Crippen MR) is 156 cm³/mol. The molecule has 3 aromatic rings. The van der Waals surface area contributed by atoms with Crippen LogP contribution in [0.4, 0.5) is 28.4 Å². The Morgan fingerprint density at radius 1 is 0.925 bits per heavy atom. The summed E-state index contributed by atoms with van der Waals surface area (Å²) in [6.45, 7) is 2.66. The van der Waals surface area contributed by atoms with Crippen molar-refractivity contribution in [3.8, 4) is 11.1 Å². The Morgan fingerprint density at radius 3 is 2.35 bits per heavy atom. The number of sulfonamides is 1. The number of anilines is 5. The summed E-state index contributed by atoms with van der Waals surface area (Å²) in [5, 5.41) is 9.21. The van der Waals surface area contributed by atoms with Gasteiger partial charge in [0, 0.05) is 44.2 Å². The summed E-state index contributed by atoms with van der Waals surface area (Å²) < 4.78 is 25.7. The minimum Gasteiger partial charge on any atom is -0.353 e. The van der Waals surface area contributed by atoms with E-state index < -0.39 is 10.0 Å². The maximum Gasteiger partial charge on any atom is 0.257 e. The molecular formula is C29H31N5O5S. The van der Waals surface area contributed by atoms with Crippen LogP contribution in [0.5, 0.6) is 0 Å². The average Bonchev–Trinajstić information content (AvgIpc) is 3.07. The summed E-state index contributed by atoms with van der Waals surface area (Å²) in [6.07, 6.45) is 2.36. The van der Waals surface area contributed by atoms with Crippen molar-refractivity contribution in [1.82, 2.24) is 4.90 Å². The van der Waals surface area contributed by atoms with Crippen LogP contribution in [-0.2, 0) is 19.6 Å². The number of carbonyl (C=O) groups excluding carboxylic acids is 3. The Hall–Kier alpha value is -4.38.